The second kappa shape index (κ2) is 3.65. The number of rotatable bonds is 2. The van der Waals surface area contributed by atoms with Gasteiger partial charge in [-0.25, -0.2) is 8.78 Å². The van der Waals surface area contributed by atoms with Crippen molar-refractivity contribution in [3.63, 3.8) is 0 Å². The molecular formula is C11H15F2N. The van der Waals surface area contributed by atoms with Gasteiger partial charge >= 0.3 is 0 Å². The Morgan fingerprint density at radius 1 is 1.29 bits per heavy atom. The fourth-order valence-electron chi connectivity index (χ4n) is 1.24. The number of nitrogens with two attached hydrogens (primary N) is 1. The van der Waals surface area contributed by atoms with E-state index < -0.39 is 17.2 Å². The van der Waals surface area contributed by atoms with E-state index in [-0.39, 0.29) is 5.92 Å². The third-order valence-corrected chi connectivity index (χ3v) is 2.71. The molecule has 0 spiro atoms. The first-order valence-corrected chi connectivity index (χ1v) is 4.60. The molecule has 78 valence electrons. The Balaban J connectivity index is 3.19. The van der Waals surface area contributed by atoms with E-state index >= 15 is 0 Å². The van der Waals surface area contributed by atoms with E-state index in [1.165, 1.54) is 12.1 Å². The molecule has 1 aromatic rings. The highest BCUT2D eigenvalue weighted by Gasteiger charge is 2.28. The maximum Gasteiger partial charge on any atom is 0.131 e. The van der Waals surface area contributed by atoms with Crippen LogP contribution < -0.4 is 5.73 Å². The van der Waals surface area contributed by atoms with Gasteiger partial charge in [-0.3, -0.25) is 0 Å². The van der Waals surface area contributed by atoms with E-state index in [0.29, 0.717) is 5.56 Å². The first-order chi connectivity index (χ1) is 6.35. The van der Waals surface area contributed by atoms with E-state index in [0.717, 1.165) is 6.07 Å². The van der Waals surface area contributed by atoms with E-state index in [4.69, 9.17) is 5.73 Å². The summed E-state index contributed by atoms with van der Waals surface area (Å²) in [5.41, 5.74) is 5.56. The van der Waals surface area contributed by atoms with Crippen LogP contribution in [-0.2, 0) is 5.54 Å². The molecule has 0 heterocycles. The van der Waals surface area contributed by atoms with Crippen LogP contribution in [0, 0.1) is 17.6 Å². The molecule has 0 bridgehead atoms. The fraction of sp³-hybridized carbons (Fsp3) is 0.455. The maximum absolute atomic E-state index is 13.4. The van der Waals surface area contributed by atoms with Crippen molar-refractivity contribution in [3.05, 3.63) is 35.4 Å². The molecule has 1 nitrogen and oxygen atoms in total. The minimum Gasteiger partial charge on any atom is -0.321 e. The predicted octanol–water partition coefficient (Wildman–Crippen LogP) is 2.79. The largest absolute Gasteiger partial charge is 0.321 e. The first kappa shape index (κ1) is 11.1. The average Bonchev–Trinajstić information content (AvgIpc) is 2.02. The second-order valence-electron chi connectivity index (χ2n) is 4.06. The summed E-state index contributed by atoms with van der Waals surface area (Å²) in [6.07, 6.45) is 0. The number of hydrogen-bond donors (Lipinski definition) is 1. The zero-order valence-corrected chi connectivity index (χ0v) is 8.64. The van der Waals surface area contributed by atoms with Crippen LogP contribution in [-0.4, -0.2) is 0 Å². The quantitative estimate of drug-likeness (QED) is 0.778. The first-order valence-electron chi connectivity index (χ1n) is 4.60. The summed E-state index contributed by atoms with van der Waals surface area (Å²) < 4.78 is 26.0. The molecule has 0 aliphatic carbocycles. The molecule has 0 amide bonds. The summed E-state index contributed by atoms with van der Waals surface area (Å²) in [5, 5.41) is 0. The van der Waals surface area contributed by atoms with Crippen LogP contribution in [0.2, 0.25) is 0 Å². The Morgan fingerprint density at radius 3 is 2.29 bits per heavy atom. The van der Waals surface area contributed by atoms with Crippen LogP contribution in [0.5, 0.6) is 0 Å². The molecule has 2 N–H and O–H groups in total. The summed E-state index contributed by atoms with van der Waals surface area (Å²) in [7, 11) is 0. The number of benzene rings is 1. The Labute approximate surface area is 82.9 Å². The van der Waals surface area contributed by atoms with Crippen molar-refractivity contribution >= 4 is 0 Å². The van der Waals surface area contributed by atoms with Gasteiger partial charge in [0.2, 0.25) is 0 Å². The van der Waals surface area contributed by atoms with Gasteiger partial charge in [0.25, 0.3) is 0 Å². The molecular weight excluding hydrogens is 184 g/mol. The molecule has 0 aliphatic rings. The fourth-order valence-corrected chi connectivity index (χ4v) is 1.24. The van der Waals surface area contributed by atoms with Crippen molar-refractivity contribution < 1.29 is 8.78 Å². The number of hydrogen-bond acceptors (Lipinski definition) is 1. The lowest BCUT2D eigenvalue weighted by molar-refractivity contribution is 0.336. The normalized spacial score (nSPS) is 15.6. The summed E-state index contributed by atoms with van der Waals surface area (Å²) in [6.45, 7) is 5.56. The molecule has 0 saturated carbocycles. The summed E-state index contributed by atoms with van der Waals surface area (Å²) >= 11 is 0. The molecule has 3 heteroatoms. The van der Waals surface area contributed by atoms with Gasteiger partial charge in [0.1, 0.15) is 11.6 Å². The third kappa shape index (κ3) is 1.93. The maximum atomic E-state index is 13.4. The van der Waals surface area contributed by atoms with Gasteiger partial charge in [0.05, 0.1) is 0 Å². The monoisotopic (exact) mass is 199 g/mol. The Bertz CT molecular complexity index is 332. The molecule has 1 aromatic carbocycles. The van der Waals surface area contributed by atoms with E-state index in [9.17, 15) is 8.78 Å². The standard InChI is InChI=1S/C11H15F2N/c1-7(2)11(3,14)9-5-4-8(12)6-10(9)13/h4-7H,14H2,1-3H3. The minimum atomic E-state index is -0.766. The highest BCUT2D eigenvalue weighted by molar-refractivity contribution is 5.26. The molecule has 0 aliphatic heterocycles. The zero-order chi connectivity index (χ0) is 10.9. The zero-order valence-electron chi connectivity index (χ0n) is 8.64. The van der Waals surface area contributed by atoms with E-state index in [2.05, 4.69) is 0 Å². The van der Waals surface area contributed by atoms with E-state index in [1.54, 1.807) is 6.92 Å². The Morgan fingerprint density at radius 2 is 1.86 bits per heavy atom. The second-order valence-corrected chi connectivity index (χ2v) is 4.06. The van der Waals surface area contributed by atoms with Gasteiger partial charge in [-0.1, -0.05) is 19.9 Å². The lowest BCUT2D eigenvalue weighted by atomic mass is 9.82. The van der Waals surface area contributed by atoms with Crippen LogP contribution in [0.25, 0.3) is 0 Å². The highest BCUT2D eigenvalue weighted by Crippen LogP contribution is 2.28. The summed E-state index contributed by atoms with van der Waals surface area (Å²) in [5.74, 6) is -1.07. The van der Waals surface area contributed by atoms with Gasteiger partial charge in [0, 0.05) is 17.2 Å². The van der Waals surface area contributed by atoms with Gasteiger partial charge < -0.3 is 5.73 Å². The molecule has 0 radical (unpaired) electrons. The third-order valence-electron chi connectivity index (χ3n) is 2.71. The molecule has 0 aromatic heterocycles. The van der Waals surface area contributed by atoms with Crippen LogP contribution in [0.15, 0.2) is 18.2 Å². The van der Waals surface area contributed by atoms with E-state index in [1.807, 2.05) is 13.8 Å². The van der Waals surface area contributed by atoms with Crippen LogP contribution >= 0.6 is 0 Å². The number of halogens is 2. The highest BCUT2D eigenvalue weighted by atomic mass is 19.1. The molecule has 0 saturated heterocycles. The molecule has 14 heavy (non-hydrogen) atoms. The topological polar surface area (TPSA) is 26.0 Å². The lowest BCUT2D eigenvalue weighted by Crippen LogP contribution is -2.39. The van der Waals surface area contributed by atoms with Crippen molar-refractivity contribution in [1.29, 1.82) is 0 Å². The van der Waals surface area contributed by atoms with Crippen molar-refractivity contribution in [2.24, 2.45) is 11.7 Å². The smallest absolute Gasteiger partial charge is 0.131 e. The van der Waals surface area contributed by atoms with Crippen molar-refractivity contribution in [2.75, 3.05) is 0 Å². The predicted molar refractivity (Wildman–Crippen MR) is 52.7 cm³/mol. The molecule has 1 rings (SSSR count). The molecule has 1 unspecified atom stereocenters. The van der Waals surface area contributed by atoms with Gasteiger partial charge in [-0.2, -0.15) is 0 Å². The van der Waals surface area contributed by atoms with Crippen molar-refractivity contribution in [2.45, 2.75) is 26.3 Å². The van der Waals surface area contributed by atoms with Crippen molar-refractivity contribution in [1.82, 2.24) is 0 Å². The Kier molecular flexibility index (Phi) is 2.90. The minimum absolute atomic E-state index is 0.0856. The average molecular weight is 199 g/mol. The SMILES string of the molecule is CC(C)C(C)(N)c1ccc(F)cc1F. The van der Waals surface area contributed by atoms with Gasteiger partial charge in [-0.05, 0) is 18.9 Å². The summed E-state index contributed by atoms with van der Waals surface area (Å²) in [4.78, 5) is 0. The van der Waals surface area contributed by atoms with Crippen LogP contribution in [0.4, 0.5) is 8.78 Å². The van der Waals surface area contributed by atoms with Crippen molar-refractivity contribution in [3.8, 4) is 0 Å². The van der Waals surface area contributed by atoms with Crippen LogP contribution in [0.1, 0.15) is 26.3 Å². The van der Waals surface area contributed by atoms with Crippen LogP contribution in [0.3, 0.4) is 0 Å². The Hall–Kier alpha value is -0.960. The lowest BCUT2D eigenvalue weighted by Gasteiger charge is -2.30. The van der Waals surface area contributed by atoms with Gasteiger partial charge in [-0.15, -0.1) is 0 Å². The molecule has 0 fully saturated rings. The summed E-state index contributed by atoms with van der Waals surface area (Å²) in [6, 6.07) is 3.50. The van der Waals surface area contributed by atoms with Gasteiger partial charge in [0.15, 0.2) is 0 Å². The molecule has 1 atom stereocenters.